The van der Waals surface area contributed by atoms with Crippen LogP contribution in [0.3, 0.4) is 0 Å². The summed E-state index contributed by atoms with van der Waals surface area (Å²) in [5, 5.41) is 9.09. The number of fused-ring (bicyclic) bond motifs is 2. The number of rotatable bonds is 4. The van der Waals surface area contributed by atoms with Gasteiger partial charge in [0.05, 0.1) is 6.20 Å². The monoisotopic (exact) mass is 301 g/mol. The second-order valence-electron chi connectivity index (χ2n) is 5.80. The molecular formula is C12H19N3O2S2. The molecule has 4 atom stereocenters. The number of hydrogen-bond donors (Lipinski definition) is 2. The summed E-state index contributed by atoms with van der Waals surface area (Å²) in [5.41, 5.74) is 0. The molecule has 106 valence electrons. The number of aromatic nitrogens is 1. The maximum atomic E-state index is 11.2. The molecule has 0 aliphatic heterocycles. The molecule has 2 aliphatic carbocycles. The third-order valence-electron chi connectivity index (χ3n) is 4.55. The van der Waals surface area contributed by atoms with Gasteiger partial charge in [0.1, 0.15) is 0 Å². The maximum Gasteiger partial charge on any atom is 0.249 e. The minimum Gasteiger partial charge on any atom is -0.359 e. The average molecular weight is 301 g/mol. The van der Waals surface area contributed by atoms with Crippen LogP contribution in [0.5, 0.6) is 0 Å². The first-order valence-corrected chi connectivity index (χ1v) is 9.05. The van der Waals surface area contributed by atoms with Gasteiger partial charge in [-0.15, -0.1) is 0 Å². The van der Waals surface area contributed by atoms with E-state index in [9.17, 15) is 8.42 Å². The molecule has 2 saturated carbocycles. The fourth-order valence-corrected chi connectivity index (χ4v) is 5.21. The van der Waals surface area contributed by atoms with E-state index in [0.717, 1.165) is 23.2 Å². The predicted octanol–water partition coefficient (Wildman–Crippen LogP) is 2.03. The molecule has 0 saturated heterocycles. The van der Waals surface area contributed by atoms with Gasteiger partial charge in [-0.05, 0) is 43.9 Å². The van der Waals surface area contributed by atoms with Crippen molar-refractivity contribution in [3.05, 3.63) is 6.20 Å². The lowest BCUT2D eigenvalue weighted by molar-refractivity contribution is 0.304. The zero-order valence-electron chi connectivity index (χ0n) is 10.9. The van der Waals surface area contributed by atoms with E-state index in [0.29, 0.717) is 17.1 Å². The topological polar surface area (TPSA) is 85.1 Å². The highest BCUT2D eigenvalue weighted by Gasteiger charge is 2.41. The highest BCUT2D eigenvalue weighted by atomic mass is 32.2. The molecule has 0 spiro atoms. The fraction of sp³-hybridized carbons (Fsp3) is 0.750. The number of nitrogens with zero attached hydrogens (tertiary/aromatic N) is 1. The average Bonchev–Trinajstić information content (AvgIpc) is 3.02. The molecule has 2 fully saturated rings. The van der Waals surface area contributed by atoms with Crippen LogP contribution in [-0.4, -0.2) is 19.4 Å². The Morgan fingerprint density at radius 2 is 2.26 bits per heavy atom. The van der Waals surface area contributed by atoms with E-state index in [-0.39, 0.29) is 4.21 Å². The zero-order valence-corrected chi connectivity index (χ0v) is 12.5. The lowest BCUT2D eigenvalue weighted by Gasteiger charge is -2.28. The van der Waals surface area contributed by atoms with E-state index in [2.05, 4.69) is 17.2 Å². The maximum absolute atomic E-state index is 11.2. The Bertz CT molecular complexity index is 569. The Morgan fingerprint density at radius 3 is 2.79 bits per heavy atom. The van der Waals surface area contributed by atoms with Gasteiger partial charge in [-0.2, -0.15) is 0 Å². The summed E-state index contributed by atoms with van der Waals surface area (Å²) in [6, 6.07) is 0.342. The summed E-state index contributed by atoms with van der Waals surface area (Å²) in [7, 11) is -3.63. The molecule has 0 amide bonds. The highest BCUT2D eigenvalue weighted by Crippen LogP contribution is 2.49. The van der Waals surface area contributed by atoms with Gasteiger partial charge in [0, 0.05) is 6.04 Å². The van der Waals surface area contributed by atoms with Crippen LogP contribution in [0, 0.1) is 17.8 Å². The van der Waals surface area contributed by atoms with Crippen molar-refractivity contribution in [1.82, 2.24) is 4.98 Å². The molecule has 1 aromatic heterocycles. The molecule has 2 aliphatic rings. The number of nitrogens with two attached hydrogens (primary N) is 1. The molecule has 2 bridgehead atoms. The number of hydrogen-bond acceptors (Lipinski definition) is 5. The SMILES string of the molecule is CC(Nc1ncc(S(N)(=O)=O)s1)C1CC2CCC1C2. The number of sulfonamides is 1. The van der Waals surface area contributed by atoms with Gasteiger partial charge in [0.15, 0.2) is 9.34 Å². The summed E-state index contributed by atoms with van der Waals surface area (Å²) in [4.78, 5) is 4.10. The highest BCUT2D eigenvalue weighted by molar-refractivity contribution is 7.91. The van der Waals surface area contributed by atoms with Crippen molar-refractivity contribution in [3.63, 3.8) is 0 Å². The van der Waals surface area contributed by atoms with Crippen LogP contribution in [-0.2, 0) is 10.0 Å². The van der Waals surface area contributed by atoms with Gasteiger partial charge < -0.3 is 5.32 Å². The van der Waals surface area contributed by atoms with E-state index < -0.39 is 10.0 Å². The molecule has 1 heterocycles. The van der Waals surface area contributed by atoms with Gasteiger partial charge in [-0.1, -0.05) is 17.8 Å². The Labute approximate surface area is 117 Å². The smallest absolute Gasteiger partial charge is 0.249 e. The minimum atomic E-state index is -3.63. The van der Waals surface area contributed by atoms with Gasteiger partial charge in [0.2, 0.25) is 10.0 Å². The van der Waals surface area contributed by atoms with E-state index in [1.54, 1.807) is 0 Å². The number of thiazole rings is 1. The largest absolute Gasteiger partial charge is 0.359 e. The zero-order chi connectivity index (χ0) is 13.6. The standard InChI is InChI=1S/C12H19N3O2S2/c1-7(10-5-8-2-3-9(10)4-8)15-12-14-6-11(18-12)19(13,16)17/h6-10H,2-5H2,1H3,(H,14,15)(H2,13,16,17). The van der Waals surface area contributed by atoms with E-state index >= 15 is 0 Å². The molecule has 7 heteroatoms. The molecule has 1 aromatic rings. The van der Waals surface area contributed by atoms with Crippen LogP contribution >= 0.6 is 11.3 Å². The third-order valence-corrected chi connectivity index (χ3v) is 6.89. The van der Waals surface area contributed by atoms with Gasteiger partial charge in [-0.25, -0.2) is 18.5 Å². The van der Waals surface area contributed by atoms with Gasteiger partial charge in [-0.3, -0.25) is 0 Å². The van der Waals surface area contributed by atoms with Crippen molar-refractivity contribution in [2.45, 2.75) is 42.9 Å². The summed E-state index contributed by atoms with van der Waals surface area (Å²) < 4.78 is 22.5. The minimum absolute atomic E-state index is 0.121. The second kappa shape index (κ2) is 4.71. The van der Waals surface area contributed by atoms with Crippen molar-refractivity contribution in [1.29, 1.82) is 0 Å². The molecule has 4 unspecified atom stereocenters. The first kappa shape index (κ1) is 13.3. The molecule has 0 aromatic carbocycles. The Morgan fingerprint density at radius 1 is 1.47 bits per heavy atom. The summed E-state index contributed by atoms with van der Waals surface area (Å²) in [6.45, 7) is 2.17. The second-order valence-corrected chi connectivity index (χ2v) is 8.62. The van der Waals surface area contributed by atoms with Crippen LogP contribution < -0.4 is 10.5 Å². The quantitative estimate of drug-likeness (QED) is 0.891. The first-order chi connectivity index (χ1) is 8.93. The van der Waals surface area contributed by atoms with Crippen molar-refractivity contribution < 1.29 is 8.42 Å². The normalized spacial score (nSPS) is 31.6. The first-order valence-electron chi connectivity index (χ1n) is 6.68. The molecule has 19 heavy (non-hydrogen) atoms. The Balaban J connectivity index is 1.67. The molecule has 3 N–H and O–H groups in total. The Kier molecular flexibility index (Phi) is 3.31. The lowest BCUT2D eigenvalue weighted by atomic mass is 9.84. The number of primary sulfonamides is 1. The van der Waals surface area contributed by atoms with E-state index in [1.165, 1.54) is 31.9 Å². The number of anilines is 1. The van der Waals surface area contributed by atoms with Gasteiger partial charge in [0.25, 0.3) is 0 Å². The van der Waals surface area contributed by atoms with Crippen LogP contribution in [0.2, 0.25) is 0 Å². The number of nitrogens with one attached hydrogen (secondary N) is 1. The third kappa shape index (κ3) is 2.64. The van der Waals surface area contributed by atoms with Gasteiger partial charge >= 0.3 is 0 Å². The molecule has 0 radical (unpaired) electrons. The molecule has 5 nitrogen and oxygen atoms in total. The van der Waals surface area contributed by atoms with Crippen molar-refractivity contribution in [3.8, 4) is 0 Å². The van der Waals surface area contributed by atoms with Crippen molar-refractivity contribution in [2.24, 2.45) is 22.9 Å². The van der Waals surface area contributed by atoms with Crippen LogP contribution in [0.15, 0.2) is 10.4 Å². The van der Waals surface area contributed by atoms with E-state index in [4.69, 9.17) is 5.14 Å². The fourth-order valence-electron chi connectivity index (χ4n) is 3.67. The summed E-state index contributed by atoms with van der Waals surface area (Å²) >= 11 is 1.11. The summed E-state index contributed by atoms with van der Waals surface area (Å²) in [5.74, 6) is 2.45. The van der Waals surface area contributed by atoms with Crippen LogP contribution in [0.25, 0.3) is 0 Å². The van der Waals surface area contributed by atoms with Crippen LogP contribution in [0.1, 0.15) is 32.6 Å². The summed E-state index contributed by atoms with van der Waals surface area (Å²) in [6.07, 6.45) is 6.74. The molecular weight excluding hydrogens is 282 g/mol. The van der Waals surface area contributed by atoms with Crippen molar-refractivity contribution in [2.75, 3.05) is 5.32 Å². The lowest BCUT2D eigenvalue weighted by Crippen LogP contribution is -2.29. The van der Waals surface area contributed by atoms with E-state index in [1.807, 2.05) is 0 Å². The van der Waals surface area contributed by atoms with Crippen LogP contribution in [0.4, 0.5) is 5.13 Å². The predicted molar refractivity (Wildman–Crippen MR) is 75.5 cm³/mol. The Hall–Kier alpha value is -0.660. The molecule has 3 rings (SSSR count). The van der Waals surface area contributed by atoms with Crippen molar-refractivity contribution >= 4 is 26.5 Å².